The minimum absolute atomic E-state index is 0.335. The van der Waals surface area contributed by atoms with E-state index in [4.69, 9.17) is 9.31 Å². The van der Waals surface area contributed by atoms with E-state index in [-0.39, 0.29) is 6.54 Å². The Balaban J connectivity index is 2.30. The molecule has 106 valence electrons. The standard InChI is InChI=1S/C13H20BF2NO2/c1-9-6-7-10(17(9)8-11(15)16)14-18-12(2,3)13(4,5)19-14/h6-7,11H,8H2,1-5H3. The molecule has 2 heterocycles. The van der Waals surface area contributed by atoms with Crippen molar-refractivity contribution in [3.63, 3.8) is 0 Å². The normalized spacial score (nSPS) is 21.4. The molecule has 6 heteroatoms. The third-order valence-electron chi connectivity index (χ3n) is 4.05. The third-order valence-corrected chi connectivity index (χ3v) is 4.05. The Labute approximate surface area is 113 Å². The van der Waals surface area contributed by atoms with E-state index in [9.17, 15) is 8.78 Å². The average molecular weight is 271 g/mol. The van der Waals surface area contributed by atoms with E-state index in [1.165, 1.54) is 0 Å². The number of hydrogen-bond donors (Lipinski definition) is 0. The van der Waals surface area contributed by atoms with Crippen LogP contribution in [-0.2, 0) is 15.9 Å². The van der Waals surface area contributed by atoms with Crippen LogP contribution in [0.4, 0.5) is 8.78 Å². The summed E-state index contributed by atoms with van der Waals surface area (Å²) < 4.78 is 38.7. The second-order valence-electron chi connectivity index (χ2n) is 5.99. The van der Waals surface area contributed by atoms with E-state index >= 15 is 0 Å². The van der Waals surface area contributed by atoms with E-state index in [0.29, 0.717) is 5.59 Å². The summed E-state index contributed by atoms with van der Waals surface area (Å²) in [6.45, 7) is 9.25. The van der Waals surface area contributed by atoms with E-state index in [1.807, 2.05) is 33.8 Å². The first-order valence-electron chi connectivity index (χ1n) is 6.44. The van der Waals surface area contributed by atoms with Gasteiger partial charge in [0.1, 0.15) is 0 Å². The van der Waals surface area contributed by atoms with E-state index in [1.54, 1.807) is 17.6 Å². The lowest BCUT2D eigenvalue weighted by atomic mass is 9.84. The fourth-order valence-electron chi connectivity index (χ4n) is 2.15. The van der Waals surface area contributed by atoms with Crippen LogP contribution < -0.4 is 5.59 Å². The van der Waals surface area contributed by atoms with Gasteiger partial charge in [-0.25, -0.2) is 8.78 Å². The number of hydrogen-bond acceptors (Lipinski definition) is 2. The maximum atomic E-state index is 12.6. The Hall–Kier alpha value is -0.875. The molecule has 0 aliphatic carbocycles. The van der Waals surface area contributed by atoms with Crippen molar-refractivity contribution in [2.45, 2.75) is 58.8 Å². The van der Waals surface area contributed by atoms with Crippen molar-refractivity contribution < 1.29 is 18.1 Å². The summed E-state index contributed by atoms with van der Waals surface area (Å²) in [5, 5.41) is 0. The van der Waals surface area contributed by atoms with Crippen LogP contribution in [0.2, 0.25) is 0 Å². The first-order valence-corrected chi connectivity index (χ1v) is 6.44. The van der Waals surface area contributed by atoms with Gasteiger partial charge in [-0.3, -0.25) is 0 Å². The van der Waals surface area contributed by atoms with Crippen LogP contribution in [-0.4, -0.2) is 29.3 Å². The maximum absolute atomic E-state index is 12.6. The Morgan fingerprint density at radius 2 is 1.68 bits per heavy atom. The van der Waals surface area contributed by atoms with E-state index in [2.05, 4.69) is 0 Å². The van der Waals surface area contributed by atoms with Crippen LogP contribution in [0.1, 0.15) is 33.4 Å². The first-order chi connectivity index (χ1) is 8.64. The van der Waals surface area contributed by atoms with Crippen LogP contribution in [0.3, 0.4) is 0 Å². The topological polar surface area (TPSA) is 23.4 Å². The third kappa shape index (κ3) is 2.56. The molecule has 0 aromatic carbocycles. The number of alkyl halides is 2. The summed E-state index contributed by atoms with van der Waals surface area (Å²) in [4.78, 5) is 0. The van der Waals surface area contributed by atoms with Gasteiger partial charge in [-0.05, 0) is 46.8 Å². The van der Waals surface area contributed by atoms with Crippen LogP contribution in [0.15, 0.2) is 12.1 Å². The lowest BCUT2D eigenvalue weighted by Gasteiger charge is -2.32. The monoisotopic (exact) mass is 271 g/mol. The Bertz CT molecular complexity index is 455. The molecule has 0 atom stereocenters. The van der Waals surface area contributed by atoms with Gasteiger partial charge in [0.15, 0.2) is 0 Å². The van der Waals surface area contributed by atoms with Crippen LogP contribution in [0, 0.1) is 6.92 Å². The van der Waals surface area contributed by atoms with E-state index < -0.39 is 24.7 Å². The molecule has 0 N–H and O–H groups in total. The van der Waals surface area contributed by atoms with Gasteiger partial charge >= 0.3 is 7.12 Å². The molecule has 0 amide bonds. The number of halogens is 2. The summed E-state index contributed by atoms with van der Waals surface area (Å²) in [6, 6.07) is 3.60. The molecule has 19 heavy (non-hydrogen) atoms. The molecule has 3 nitrogen and oxygen atoms in total. The zero-order valence-corrected chi connectivity index (χ0v) is 12.0. The van der Waals surface area contributed by atoms with Gasteiger partial charge in [-0.1, -0.05) is 0 Å². The van der Waals surface area contributed by atoms with Crippen molar-refractivity contribution in [2.75, 3.05) is 0 Å². The highest BCUT2D eigenvalue weighted by atomic mass is 19.3. The minimum Gasteiger partial charge on any atom is -0.398 e. The van der Waals surface area contributed by atoms with Gasteiger partial charge < -0.3 is 13.9 Å². The largest absolute Gasteiger partial charge is 0.512 e. The van der Waals surface area contributed by atoms with Crippen LogP contribution >= 0.6 is 0 Å². The van der Waals surface area contributed by atoms with Crippen molar-refractivity contribution in [1.29, 1.82) is 0 Å². The van der Waals surface area contributed by atoms with Crippen LogP contribution in [0.5, 0.6) is 0 Å². The fraction of sp³-hybridized carbons (Fsp3) is 0.692. The SMILES string of the molecule is Cc1ccc(B2OC(C)(C)C(C)(C)O2)n1CC(F)F. The molecule has 0 saturated carbocycles. The van der Waals surface area contributed by atoms with Gasteiger partial charge in [0, 0.05) is 11.3 Å². The first kappa shape index (κ1) is 14.5. The van der Waals surface area contributed by atoms with E-state index in [0.717, 1.165) is 5.69 Å². The van der Waals surface area contributed by atoms with Crippen molar-refractivity contribution in [2.24, 2.45) is 0 Å². The number of aromatic nitrogens is 1. The molecule has 2 rings (SSSR count). The van der Waals surface area contributed by atoms with Gasteiger partial charge in [0.25, 0.3) is 6.43 Å². The van der Waals surface area contributed by atoms with Crippen molar-refractivity contribution in [1.82, 2.24) is 4.57 Å². The Kier molecular flexibility index (Phi) is 3.52. The quantitative estimate of drug-likeness (QED) is 0.788. The molecule has 1 fully saturated rings. The van der Waals surface area contributed by atoms with Crippen molar-refractivity contribution in [3.05, 3.63) is 17.8 Å². The Morgan fingerprint density at radius 3 is 2.16 bits per heavy atom. The van der Waals surface area contributed by atoms with Gasteiger partial charge in [-0.2, -0.15) is 0 Å². The highest BCUT2D eigenvalue weighted by molar-refractivity contribution is 6.61. The molecule has 0 spiro atoms. The number of nitrogens with zero attached hydrogens (tertiary/aromatic N) is 1. The molecule has 0 radical (unpaired) electrons. The molecular formula is C13H20BF2NO2. The second kappa shape index (κ2) is 4.60. The zero-order valence-electron chi connectivity index (χ0n) is 12.0. The number of aryl methyl sites for hydroxylation is 1. The highest BCUT2D eigenvalue weighted by Crippen LogP contribution is 2.36. The molecule has 1 aromatic heterocycles. The molecule has 1 aliphatic heterocycles. The van der Waals surface area contributed by atoms with Gasteiger partial charge in [0.05, 0.1) is 17.7 Å². The molecular weight excluding hydrogens is 251 g/mol. The summed E-state index contributed by atoms with van der Waals surface area (Å²) >= 11 is 0. The maximum Gasteiger partial charge on any atom is 0.512 e. The second-order valence-corrected chi connectivity index (χ2v) is 5.99. The van der Waals surface area contributed by atoms with Crippen molar-refractivity contribution >= 4 is 12.7 Å². The fourth-order valence-corrected chi connectivity index (χ4v) is 2.15. The molecule has 0 unspecified atom stereocenters. The Morgan fingerprint density at radius 1 is 1.16 bits per heavy atom. The predicted octanol–water partition coefficient (Wildman–Crippen LogP) is 2.36. The summed E-state index contributed by atoms with van der Waals surface area (Å²) in [7, 11) is -0.600. The average Bonchev–Trinajstić information content (AvgIpc) is 2.67. The lowest BCUT2D eigenvalue weighted by Crippen LogP contribution is -2.41. The van der Waals surface area contributed by atoms with Gasteiger partial charge in [0.2, 0.25) is 0 Å². The molecule has 1 aliphatic rings. The lowest BCUT2D eigenvalue weighted by molar-refractivity contribution is 0.00578. The van der Waals surface area contributed by atoms with Crippen molar-refractivity contribution in [3.8, 4) is 0 Å². The molecule has 1 saturated heterocycles. The summed E-state index contributed by atoms with van der Waals surface area (Å²) in [5.41, 5.74) is 0.498. The zero-order chi connectivity index (χ0) is 14.4. The molecule has 1 aromatic rings. The summed E-state index contributed by atoms with van der Waals surface area (Å²) in [5.74, 6) is 0. The predicted molar refractivity (Wildman–Crippen MR) is 70.9 cm³/mol. The smallest absolute Gasteiger partial charge is 0.398 e. The molecule has 0 bridgehead atoms. The minimum atomic E-state index is -2.40. The van der Waals surface area contributed by atoms with Crippen LogP contribution in [0.25, 0.3) is 0 Å². The van der Waals surface area contributed by atoms with Gasteiger partial charge in [-0.15, -0.1) is 0 Å². The summed E-state index contributed by atoms with van der Waals surface area (Å²) in [6.07, 6.45) is -2.40. The highest BCUT2D eigenvalue weighted by Gasteiger charge is 2.52. The number of rotatable bonds is 3.